The zero-order valence-electron chi connectivity index (χ0n) is 9.52. The third-order valence-corrected chi connectivity index (χ3v) is 2.33. The van der Waals surface area contributed by atoms with Gasteiger partial charge in [0.15, 0.2) is 0 Å². The second-order valence-electron chi connectivity index (χ2n) is 3.62. The number of para-hydroxylation sites is 1. The SMILES string of the molecule is CC(=O)NNc1nc2ccccc2c(=O)n1C. The van der Waals surface area contributed by atoms with E-state index in [-0.39, 0.29) is 11.5 Å². The van der Waals surface area contributed by atoms with Crippen molar-refractivity contribution in [2.24, 2.45) is 7.05 Å². The van der Waals surface area contributed by atoms with Crippen molar-refractivity contribution in [3.05, 3.63) is 34.6 Å². The molecular formula is C11H12N4O2. The molecule has 6 nitrogen and oxygen atoms in total. The van der Waals surface area contributed by atoms with Crippen LogP contribution in [0, 0.1) is 0 Å². The van der Waals surface area contributed by atoms with Crippen LogP contribution in [0.1, 0.15) is 6.92 Å². The molecule has 88 valence electrons. The van der Waals surface area contributed by atoms with Crippen LogP contribution >= 0.6 is 0 Å². The average molecular weight is 232 g/mol. The number of rotatable bonds is 2. The topological polar surface area (TPSA) is 76.0 Å². The van der Waals surface area contributed by atoms with Crippen LogP contribution in [0.2, 0.25) is 0 Å². The molecule has 2 rings (SSSR count). The lowest BCUT2D eigenvalue weighted by Crippen LogP contribution is -2.32. The predicted molar refractivity (Wildman–Crippen MR) is 64.4 cm³/mol. The van der Waals surface area contributed by atoms with Crippen molar-refractivity contribution >= 4 is 22.8 Å². The summed E-state index contributed by atoms with van der Waals surface area (Å²) in [5, 5.41) is 0.545. The molecule has 0 bridgehead atoms. The van der Waals surface area contributed by atoms with E-state index in [0.717, 1.165) is 0 Å². The third-order valence-electron chi connectivity index (χ3n) is 2.33. The molecule has 17 heavy (non-hydrogen) atoms. The van der Waals surface area contributed by atoms with Gasteiger partial charge < -0.3 is 0 Å². The lowest BCUT2D eigenvalue weighted by molar-refractivity contribution is -0.118. The van der Waals surface area contributed by atoms with Crippen LogP contribution in [0.4, 0.5) is 5.95 Å². The van der Waals surface area contributed by atoms with Gasteiger partial charge in [-0.3, -0.25) is 25.0 Å². The number of anilines is 1. The highest BCUT2D eigenvalue weighted by Gasteiger charge is 2.07. The Hall–Kier alpha value is -2.37. The van der Waals surface area contributed by atoms with Crippen molar-refractivity contribution in [1.82, 2.24) is 15.0 Å². The van der Waals surface area contributed by atoms with Crippen LogP contribution in [-0.4, -0.2) is 15.5 Å². The lowest BCUT2D eigenvalue weighted by atomic mass is 10.2. The summed E-state index contributed by atoms with van der Waals surface area (Å²) in [5.41, 5.74) is 5.40. The van der Waals surface area contributed by atoms with Gasteiger partial charge in [-0.1, -0.05) is 12.1 Å². The third kappa shape index (κ3) is 2.10. The first kappa shape index (κ1) is 11.1. The zero-order chi connectivity index (χ0) is 12.4. The summed E-state index contributed by atoms with van der Waals surface area (Å²) in [4.78, 5) is 27.0. The van der Waals surface area contributed by atoms with Gasteiger partial charge in [0.1, 0.15) is 0 Å². The van der Waals surface area contributed by atoms with Crippen LogP contribution in [0.3, 0.4) is 0 Å². The van der Waals surface area contributed by atoms with E-state index in [1.54, 1.807) is 31.3 Å². The Balaban J connectivity index is 2.54. The van der Waals surface area contributed by atoms with E-state index < -0.39 is 0 Å². The molecule has 0 aliphatic rings. The summed E-state index contributed by atoms with van der Waals surface area (Å²) in [6.45, 7) is 1.37. The summed E-state index contributed by atoms with van der Waals surface area (Å²) >= 11 is 0. The monoisotopic (exact) mass is 232 g/mol. The number of nitrogens with zero attached hydrogens (tertiary/aromatic N) is 2. The number of fused-ring (bicyclic) bond motifs is 1. The number of hydrogen-bond acceptors (Lipinski definition) is 4. The van der Waals surface area contributed by atoms with E-state index >= 15 is 0 Å². The van der Waals surface area contributed by atoms with Gasteiger partial charge in [0.2, 0.25) is 11.9 Å². The minimum absolute atomic E-state index is 0.163. The number of hydrazine groups is 1. The van der Waals surface area contributed by atoms with Gasteiger partial charge in [-0.2, -0.15) is 0 Å². The fraction of sp³-hybridized carbons (Fsp3) is 0.182. The van der Waals surface area contributed by atoms with Crippen molar-refractivity contribution in [2.75, 3.05) is 5.43 Å². The molecule has 0 saturated carbocycles. The maximum Gasteiger partial charge on any atom is 0.262 e. The smallest absolute Gasteiger partial charge is 0.262 e. The molecule has 0 radical (unpaired) electrons. The van der Waals surface area contributed by atoms with Gasteiger partial charge in [0.05, 0.1) is 10.9 Å². The first-order valence-corrected chi connectivity index (χ1v) is 5.08. The van der Waals surface area contributed by atoms with Crippen molar-refractivity contribution in [3.63, 3.8) is 0 Å². The van der Waals surface area contributed by atoms with Crippen molar-refractivity contribution in [2.45, 2.75) is 6.92 Å². The molecular weight excluding hydrogens is 220 g/mol. The molecule has 2 aromatic rings. The first-order valence-electron chi connectivity index (χ1n) is 5.08. The molecule has 0 atom stereocenters. The van der Waals surface area contributed by atoms with Crippen LogP contribution in [-0.2, 0) is 11.8 Å². The Kier molecular flexibility index (Phi) is 2.78. The fourth-order valence-electron chi connectivity index (χ4n) is 1.47. The quantitative estimate of drug-likeness (QED) is 0.735. The van der Waals surface area contributed by atoms with E-state index in [1.807, 2.05) is 0 Å². The molecule has 2 N–H and O–H groups in total. The van der Waals surface area contributed by atoms with Crippen molar-refractivity contribution in [1.29, 1.82) is 0 Å². The minimum Gasteiger partial charge on any atom is -0.280 e. The lowest BCUT2D eigenvalue weighted by Gasteiger charge is -2.10. The van der Waals surface area contributed by atoms with Gasteiger partial charge in [-0.15, -0.1) is 0 Å². The number of hydrogen-bond donors (Lipinski definition) is 2. The predicted octanol–water partition coefficient (Wildman–Crippen LogP) is 0.396. The Morgan fingerprint density at radius 3 is 2.76 bits per heavy atom. The highest BCUT2D eigenvalue weighted by atomic mass is 16.2. The van der Waals surface area contributed by atoms with Gasteiger partial charge in [0, 0.05) is 14.0 Å². The molecule has 0 aliphatic carbocycles. The van der Waals surface area contributed by atoms with E-state index in [4.69, 9.17) is 0 Å². The van der Waals surface area contributed by atoms with Crippen LogP contribution < -0.4 is 16.4 Å². The molecule has 0 saturated heterocycles. The highest BCUT2D eigenvalue weighted by molar-refractivity contribution is 5.79. The molecule has 1 aromatic carbocycles. The van der Waals surface area contributed by atoms with Gasteiger partial charge in [-0.25, -0.2) is 4.98 Å². The molecule has 0 aliphatic heterocycles. The standard InChI is InChI=1S/C11H12N4O2/c1-7(16)13-14-11-12-9-6-4-3-5-8(9)10(17)15(11)2/h3-6H,1-2H3,(H,12,14)(H,13,16). The second kappa shape index (κ2) is 4.25. The molecule has 0 unspecified atom stereocenters. The van der Waals surface area contributed by atoms with Crippen molar-refractivity contribution in [3.8, 4) is 0 Å². The summed E-state index contributed by atoms with van der Waals surface area (Å²) in [7, 11) is 1.59. The fourth-order valence-corrected chi connectivity index (χ4v) is 1.47. The summed E-state index contributed by atoms with van der Waals surface area (Å²) < 4.78 is 1.35. The summed E-state index contributed by atoms with van der Waals surface area (Å²) in [5.74, 6) is 0.0382. The Labute approximate surface area is 97.3 Å². The number of carbonyl (C=O) groups is 1. The number of carbonyl (C=O) groups excluding carboxylic acids is 1. The number of benzene rings is 1. The molecule has 0 fully saturated rings. The molecule has 6 heteroatoms. The van der Waals surface area contributed by atoms with Crippen LogP contribution in [0.15, 0.2) is 29.1 Å². The number of aromatic nitrogens is 2. The van der Waals surface area contributed by atoms with E-state index in [9.17, 15) is 9.59 Å². The second-order valence-corrected chi connectivity index (χ2v) is 3.62. The molecule has 1 amide bonds. The van der Waals surface area contributed by atoms with Gasteiger partial charge >= 0.3 is 0 Å². The van der Waals surface area contributed by atoms with Crippen LogP contribution in [0.5, 0.6) is 0 Å². The zero-order valence-corrected chi connectivity index (χ0v) is 9.52. The largest absolute Gasteiger partial charge is 0.280 e. The minimum atomic E-state index is -0.257. The van der Waals surface area contributed by atoms with Crippen LogP contribution in [0.25, 0.3) is 10.9 Å². The Bertz CT molecular complexity index is 633. The summed E-state index contributed by atoms with van der Waals surface area (Å²) in [6.07, 6.45) is 0. The van der Waals surface area contributed by atoms with Crippen molar-refractivity contribution < 1.29 is 4.79 Å². The number of amides is 1. The molecule has 1 aromatic heterocycles. The number of nitrogens with one attached hydrogen (secondary N) is 2. The van der Waals surface area contributed by atoms with Gasteiger partial charge in [-0.05, 0) is 12.1 Å². The normalized spacial score (nSPS) is 10.2. The average Bonchev–Trinajstić information content (AvgIpc) is 2.32. The maximum atomic E-state index is 12.0. The summed E-state index contributed by atoms with van der Waals surface area (Å²) in [6, 6.07) is 7.05. The van der Waals surface area contributed by atoms with Gasteiger partial charge in [0.25, 0.3) is 5.56 Å². The Morgan fingerprint density at radius 2 is 2.06 bits per heavy atom. The van der Waals surface area contributed by atoms with E-state index in [2.05, 4.69) is 15.8 Å². The van der Waals surface area contributed by atoms with E-state index in [0.29, 0.717) is 16.9 Å². The molecule has 0 spiro atoms. The first-order chi connectivity index (χ1) is 8.09. The molecule has 1 heterocycles. The van der Waals surface area contributed by atoms with E-state index in [1.165, 1.54) is 11.5 Å². The Morgan fingerprint density at radius 1 is 1.35 bits per heavy atom. The highest BCUT2D eigenvalue weighted by Crippen LogP contribution is 2.08. The maximum absolute atomic E-state index is 12.0.